The van der Waals surface area contributed by atoms with Crippen molar-refractivity contribution in [1.29, 1.82) is 0 Å². The van der Waals surface area contributed by atoms with Gasteiger partial charge in [0.05, 0.1) is 12.8 Å². The minimum atomic E-state index is 0.169. The van der Waals surface area contributed by atoms with Crippen LogP contribution in [0, 0.1) is 0 Å². The molecule has 0 aliphatic carbocycles. The SMILES string of the molecule is CC(CO)Sc1ncc(Cl)s1. The number of hydrogen-bond acceptors (Lipinski definition) is 4. The molecule has 0 spiro atoms. The maximum atomic E-state index is 8.73. The number of halogens is 1. The number of nitrogens with zero attached hydrogens (tertiary/aromatic N) is 1. The number of aliphatic hydroxyl groups is 1. The average molecular weight is 210 g/mol. The van der Waals surface area contributed by atoms with Gasteiger partial charge in [-0.25, -0.2) is 4.98 Å². The topological polar surface area (TPSA) is 33.1 Å². The van der Waals surface area contributed by atoms with Gasteiger partial charge in [0.25, 0.3) is 0 Å². The van der Waals surface area contributed by atoms with Crippen molar-refractivity contribution < 1.29 is 5.11 Å². The predicted octanol–water partition coefficient (Wildman–Crippen LogP) is 2.27. The van der Waals surface area contributed by atoms with Crippen LogP contribution in [0.4, 0.5) is 0 Å². The van der Waals surface area contributed by atoms with E-state index in [1.54, 1.807) is 6.20 Å². The van der Waals surface area contributed by atoms with Gasteiger partial charge >= 0.3 is 0 Å². The highest BCUT2D eigenvalue weighted by molar-refractivity contribution is 8.01. The molecule has 1 unspecified atom stereocenters. The number of aliphatic hydroxyl groups excluding tert-OH is 1. The summed E-state index contributed by atoms with van der Waals surface area (Å²) in [6, 6.07) is 0. The van der Waals surface area contributed by atoms with Crippen LogP contribution in [0.5, 0.6) is 0 Å². The molecule has 1 heterocycles. The lowest BCUT2D eigenvalue weighted by molar-refractivity contribution is 0.300. The van der Waals surface area contributed by atoms with Crippen molar-refractivity contribution in [1.82, 2.24) is 4.98 Å². The zero-order valence-corrected chi connectivity index (χ0v) is 8.34. The molecule has 0 aliphatic heterocycles. The molecule has 0 aliphatic rings. The molecule has 2 nitrogen and oxygen atoms in total. The minimum Gasteiger partial charge on any atom is -0.395 e. The summed E-state index contributed by atoms with van der Waals surface area (Å²) in [5.74, 6) is 0. The van der Waals surface area contributed by atoms with Crippen LogP contribution in [0.25, 0.3) is 0 Å². The van der Waals surface area contributed by atoms with Crippen molar-refractivity contribution in [3.05, 3.63) is 10.5 Å². The molecule has 5 heteroatoms. The van der Waals surface area contributed by atoms with Gasteiger partial charge < -0.3 is 5.11 Å². The Morgan fingerprint density at radius 2 is 2.64 bits per heavy atom. The summed E-state index contributed by atoms with van der Waals surface area (Å²) in [6.45, 7) is 2.11. The molecular formula is C6H8ClNOS2. The van der Waals surface area contributed by atoms with Gasteiger partial charge in [-0.1, -0.05) is 41.6 Å². The zero-order chi connectivity index (χ0) is 8.27. The summed E-state index contributed by atoms with van der Waals surface area (Å²) in [5, 5.41) is 8.92. The summed E-state index contributed by atoms with van der Waals surface area (Å²) in [5.41, 5.74) is 0. The summed E-state index contributed by atoms with van der Waals surface area (Å²) in [4.78, 5) is 4.04. The standard InChI is InChI=1S/C6H8ClNOS2/c1-4(3-9)10-6-8-2-5(7)11-6/h2,4,9H,3H2,1H3. The molecule has 0 fully saturated rings. The van der Waals surface area contributed by atoms with Crippen molar-refractivity contribution in [2.45, 2.75) is 16.5 Å². The first-order valence-electron chi connectivity index (χ1n) is 3.11. The van der Waals surface area contributed by atoms with Gasteiger partial charge in [-0.2, -0.15) is 0 Å². The van der Waals surface area contributed by atoms with Crippen molar-refractivity contribution in [2.75, 3.05) is 6.61 Å². The van der Waals surface area contributed by atoms with E-state index >= 15 is 0 Å². The maximum Gasteiger partial charge on any atom is 0.151 e. The van der Waals surface area contributed by atoms with Crippen LogP contribution in [0.15, 0.2) is 10.5 Å². The Kier molecular flexibility index (Phi) is 3.65. The lowest BCUT2D eigenvalue weighted by atomic mass is 10.5. The number of aromatic nitrogens is 1. The third-order valence-corrected chi connectivity index (χ3v) is 3.32. The van der Waals surface area contributed by atoms with E-state index in [0.29, 0.717) is 4.34 Å². The van der Waals surface area contributed by atoms with Gasteiger partial charge in [0.15, 0.2) is 4.34 Å². The van der Waals surface area contributed by atoms with E-state index in [9.17, 15) is 0 Å². The molecule has 0 radical (unpaired) electrons. The van der Waals surface area contributed by atoms with Crippen molar-refractivity contribution in [3.8, 4) is 0 Å². The minimum absolute atomic E-state index is 0.169. The zero-order valence-electron chi connectivity index (χ0n) is 5.95. The first kappa shape index (κ1) is 9.32. The van der Waals surface area contributed by atoms with Crippen molar-refractivity contribution in [2.24, 2.45) is 0 Å². The number of rotatable bonds is 3. The quantitative estimate of drug-likeness (QED) is 0.776. The smallest absolute Gasteiger partial charge is 0.151 e. The number of thiazole rings is 1. The summed E-state index contributed by atoms with van der Waals surface area (Å²) >= 11 is 8.64. The van der Waals surface area contributed by atoms with Crippen LogP contribution in [-0.2, 0) is 0 Å². The van der Waals surface area contributed by atoms with Gasteiger partial charge in [0.1, 0.15) is 4.34 Å². The molecule has 1 aromatic rings. The van der Waals surface area contributed by atoms with Crippen LogP contribution >= 0.6 is 34.7 Å². The molecule has 11 heavy (non-hydrogen) atoms. The van der Waals surface area contributed by atoms with Gasteiger partial charge in [0, 0.05) is 5.25 Å². The lowest BCUT2D eigenvalue weighted by Gasteiger charge is -2.01. The van der Waals surface area contributed by atoms with Gasteiger partial charge in [-0.3, -0.25) is 0 Å². The molecule has 0 saturated heterocycles. The molecule has 0 aromatic carbocycles. The summed E-state index contributed by atoms with van der Waals surface area (Å²) in [6.07, 6.45) is 1.62. The summed E-state index contributed by atoms with van der Waals surface area (Å²) in [7, 11) is 0. The van der Waals surface area contributed by atoms with E-state index in [1.807, 2.05) is 6.92 Å². The molecule has 62 valence electrons. The van der Waals surface area contributed by atoms with Crippen LogP contribution < -0.4 is 0 Å². The largest absolute Gasteiger partial charge is 0.395 e. The normalized spacial score (nSPS) is 13.4. The molecule has 1 N–H and O–H groups in total. The fraction of sp³-hybridized carbons (Fsp3) is 0.500. The van der Waals surface area contributed by atoms with E-state index in [1.165, 1.54) is 23.1 Å². The van der Waals surface area contributed by atoms with E-state index in [2.05, 4.69) is 4.98 Å². The highest BCUT2D eigenvalue weighted by Crippen LogP contribution is 2.29. The molecule has 1 aromatic heterocycles. The Bertz CT molecular complexity index is 228. The van der Waals surface area contributed by atoms with E-state index < -0.39 is 0 Å². The van der Waals surface area contributed by atoms with E-state index in [-0.39, 0.29) is 11.9 Å². The first-order chi connectivity index (χ1) is 5.22. The van der Waals surface area contributed by atoms with Crippen molar-refractivity contribution >= 4 is 34.7 Å². The highest BCUT2D eigenvalue weighted by Gasteiger charge is 2.05. The fourth-order valence-corrected chi connectivity index (χ4v) is 2.77. The first-order valence-corrected chi connectivity index (χ1v) is 5.18. The monoisotopic (exact) mass is 209 g/mol. The van der Waals surface area contributed by atoms with Crippen LogP contribution in [0.3, 0.4) is 0 Å². The summed E-state index contributed by atoms with van der Waals surface area (Å²) < 4.78 is 1.61. The second kappa shape index (κ2) is 4.30. The highest BCUT2D eigenvalue weighted by atomic mass is 35.5. The Balaban J connectivity index is 2.50. The molecule has 1 atom stereocenters. The van der Waals surface area contributed by atoms with Gasteiger partial charge in [-0.05, 0) is 0 Å². The Morgan fingerprint density at radius 3 is 3.09 bits per heavy atom. The second-order valence-corrected chi connectivity index (χ2v) is 5.39. The molecular weight excluding hydrogens is 202 g/mol. The Morgan fingerprint density at radius 1 is 1.91 bits per heavy atom. The number of thioether (sulfide) groups is 1. The Labute approximate surface area is 78.6 Å². The van der Waals surface area contributed by atoms with E-state index in [4.69, 9.17) is 16.7 Å². The van der Waals surface area contributed by atoms with Gasteiger partial charge in [0.2, 0.25) is 0 Å². The maximum absolute atomic E-state index is 8.73. The second-order valence-electron chi connectivity index (χ2n) is 2.04. The lowest BCUT2D eigenvalue weighted by Crippen LogP contribution is -2.00. The fourth-order valence-electron chi connectivity index (χ4n) is 0.503. The van der Waals surface area contributed by atoms with Crippen molar-refractivity contribution in [3.63, 3.8) is 0 Å². The average Bonchev–Trinajstić information content (AvgIpc) is 2.35. The van der Waals surface area contributed by atoms with Gasteiger partial charge in [-0.15, -0.1) is 0 Å². The van der Waals surface area contributed by atoms with Crippen LogP contribution in [0.1, 0.15) is 6.92 Å². The predicted molar refractivity (Wildman–Crippen MR) is 49.5 cm³/mol. The molecule has 1 rings (SSSR count). The van der Waals surface area contributed by atoms with E-state index in [0.717, 1.165) is 4.34 Å². The molecule has 0 saturated carbocycles. The van der Waals surface area contributed by atoms with Crippen LogP contribution in [-0.4, -0.2) is 21.9 Å². The number of hydrogen-bond donors (Lipinski definition) is 1. The van der Waals surface area contributed by atoms with Crippen LogP contribution in [0.2, 0.25) is 4.34 Å². The molecule has 0 bridgehead atoms. The Hall–Kier alpha value is 0.230. The third kappa shape index (κ3) is 2.99. The third-order valence-electron chi connectivity index (χ3n) is 1.02. The molecule has 0 amide bonds.